The van der Waals surface area contributed by atoms with E-state index in [1.807, 2.05) is 25.3 Å². The van der Waals surface area contributed by atoms with E-state index in [1.165, 1.54) is 6.26 Å². The fourth-order valence-electron chi connectivity index (χ4n) is 4.33. The van der Waals surface area contributed by atoms with Gasteiger partial charge in [0.15, 0.2) is 15.5 Å². The van der Waals surface area contributed by atoms with E-state index in [-0.39, 0.29) is 6.04 Å². The Morgan fingerprint density at radius 2 is 2.14 bits per heavy atom. The molecule has 2 aliphatic rings. The zero-order chi connectivity index (χ0) is 20.4. The molecular formula is C20H25N5O3S. The Labute approximate surface area is 169 Å². The zero-order valence-corrected chi connectivity index (χ0v) is 17.7. The van der Waals surface area contributed by atoms with Gasteiger partial charge >= 0.3 is 0 Å². The summed E-state index contributed by atoms with van der Waals surface area (Å²) in [6, 6.07) is 4.09. The van der Waals surface area contributed by atoms with Crippen LogP contribution in [0.4, 0.5) is 5.82 Å². The number of aromatic amines is 1. The van der Waals surface area contributed by atoms with Gasteiger partial charge < -0.3 is 14.6 Å². The topological polar surface area (TPSA) is 92.6 Å². The number of morpholine rings is 1. The van der Waals surface area contributed by atoms with Crippen molar-refractivity contribution in [2.45, 2.75) is 37.5 Å². The summed E-state index contributed by atoms with van der Waals surface area (Å²) in [7, 11) is -3.29. The number of nitrogens with zero attached hydrogens (tertiary/aromatic N) is 4. The number of hydrogen-bond acceptors (Lipinski definition) is 6. The molecule has 3 aromatic rings. The molecule has 1 atom stereocenters. The molecule has 3 aromatic heterocycles. The van der Waals surface area contributed by atoms with Crippen molar-refractivity contribution in [1.82, 2.24) is 19.6 Å². The largest absolute Gasteiger partial charge is 0.377 e. The summed E-state index contributed by atoms with van der Waals surface area (Å²) in [6.45, 7) is 6.11. The van der Waals surface area contributed by atoms with Gasteiger partial charge in [-0.2, -0.15) is 5.10 Å². The van der Waals surface area contributed by atoms with E-state index in [4.69, 9.17) is 9.72 Å². The van der Waals surface area contributed by atoms with E-state index in [1.54, 1.807) is 10.7 Å². The SMILES string of the molecule is Cc1cc[nH]c1-c1cnn2c(C3(S(C)(=O)=O)CC3)cc(N3CCOC[C@H]3C)nc12. The van der Waals surface area contributed by atoms with Crippen LogP contribution in [0, 0.1) is 6.92 Å². The van der Waals surface area contributed by atoms with Crippen LogP contribution in [0.1, 0.15) is 31.0 Å². The third-order valence-electron chi connectivity index (χ3n) is 6.23. The van der Waals surface area contributed by atoms with Crippen molar-refractivity contribution in [3.63, 3.8) is 0 Å². The van der Waals surface area contributed by atoms with Gasteiger partial charge in [-0.3, -0.25) is 0 Å². The van der Waals surface area contributed by atoms with Crippen molar-refractivity contribution in [2.24, 2.45) is 0 Å². The maximum Gasteiger partial charge on any atom is 0.167 e. The summed E-state index contributed by atoms with van der Waals surface area (Å²) < 4.78 is 31.8. The lowest BCUT2D eigenvalue weighted by molar-refractivity contribution is 0.0985. The predicted molar refractivity (Wildman–Crippen MR) is 111 cm³/mol. The molecule has 0 aromatic carbocycles. The van der Waals surface area contributed by atoms with Crippen LogP contribution in [0.2, 0.25) is 0 Å². The summed E-state index contributed by atoms with van der Waals surface area (Å²) in [4.78, 5) is 10.4. The lowest BCUT2D eigenvalue weighted by Gasteiger charge is -2.34. The fraction of sp³-hybridized carbons (Fsp3) is 0.500. The molecule has 1 saturated carbocycles. The van der Waals surface area contributed by atoms with Gasteiger partial charge in [-0.05, 0) is 38.3 Å². The number of rotatable bonds is 4. The average molecular weight is 416 g/mol. The van der Waals surface area contributed by atoms with Crippen molar-refractivity contribution in [3.8, 4) is 11.3 Å². The quantitative estimate of drug-likeness (QED) is 0.703. The van der Waals surface area contributed by atoms with Gasteiger partial charge in [0.25, 0.3) is 0 Å². The second-order valence-electron chi connectivity index (χ2n) is 8.21. The van der Waals surface area contributed by atoms with E-state index < -0.39 is 14.6 Å². The summed E-state index contributed by atoms with van der Waals surface area (Å²) >= 11 is 0. The van der Waals surface area contributed by atoms with Crippen molar-refractivity contribution < 1.29 is 13.2 Å². The highest BCUT2D eigenvalue weighted by atomic mass is 32.2. The Morgan fingerprint density at radius 1 is 1.34 bits per heavy atom. The Bertz CT molecular complexity index is 1190. The van der Waals surface area contributed by atoms with Gasteiger partial charge in [0.05, 0.1) is 42.4 Å². The number of H-pyrrole nitrogens is 1. The Hall–Kier alpha value is -2.39. The molecule has 0 unspecified atom stereocenters. The Balaban J connectivity index is 1.77. The van der Waals surface area contributed by atoms with Crippen LogP contribution in [0.15, 0.2) is 24.5 Å². The van der Waals surface area contributed by atoms with Gasteiger partial charge in [0.2, 0.25) is 0 Å². The maximum absolute atomic E-state index is 12.7. The number of aromatic nitrogens is 4. The number of sulfone groups is 1. The Kier molecular flexibility index (Phi) is 4.05. The molecule has 0 spiro atoms. The number of fused-ring (bicyclic) bond motifs is 1. The molecule has 1 N–H and O–H groups in total. The Morgan fingerprint density at radius 3 is 2.76 bits per heavy atom. The highest BCUT2D eigenvalue weighted by Crippen LogP contribution is 2.53. The average Bonchev–Trinajstić information content (AvgIpc) is 3.24. The van der Waals surface area contributed by atoms with Crippen LogP contribution in [0.3, 0.4) is 0 Å². The second kappa shape index (κ2) is 6.30. The lowest BCUT2D eigenvalue weighted by atomic mass is 10.1. The highest BCUT2D eigenvalue weighted by molar-refractivity contribution is 7.91. The first-order valence-electron chi connectivity index (χ1n) is 9.89. The van der Waals surface area contributed by atoms with E-state index in [9.17, 15) is 8.42 Å². The standard InChI is InChI=1S/C20H25N5O3S/c1-13-4-7-21-18(13)15-11-22-25-16(20(5-6-20)29(3,26)27)10-17(23-19(15)25)24-8-9-28-12-14(24)2/h4,7,10-11,14,21H,5-6,8-9,12H2,1-3H3/t14-/m1/s1. The van der Waals surface area contributed by atoms with E-state index in [0.29, 0.717) is 37.4 Å². The fourth-order valence-corrected chi connectivity index (χ4v) is 5.70. The molecule has 2 fully saturated rings. The molecule has 1 aliphatic heterocycles. The van der Waals surface area contributed by atoms with E-state index in [0.717, 1.165) is 29.2 Å². The molecule has 5 rings (SSSR count). The molecule has 0 amide bonds. The van der Waals surface area contributed by atoms with E-state index >= 15 is 0 Å². The molecule has 154 valence electrons. The summed E-state index contributed by atoms with van der Waals surface area (Å²) in [5.74, 6) is 0.782. The maximum atomic E-state index is 12.7. The molecule has 1 aliphatic carbocycles. The van der Waals surface area contributed by atoms with Crippen LogP contribution in [0.5, 0.6) is 0 Å². The summed E-state index contributed by atoms with van der Waals surface area (Å²) in [5.41, 5.74) is 4.30. The molecule has 8 nitrogen and oxygen atoms in total. The minimum Gasteiger partial charge on any atom is -0.377 e. The third-order valence-corrected chi connectivity index (χ3v) is 8.26. The smallest absolute Gasteiger partial charge is 0.167 e. The minimum atomic E-state index is -3.29. The molecule has 0 bridgehead atoms. The van der Waals surface area contributed by atoms with Gasteiger partial charge in [-0.1, -0.05) is 0 Å². The molecule has 29 heavy (non-hydrogen) atoms. The number of anilines is 1. The molecule has 4 heterocycles. The number of ether oxygens (including phenoxy) is 1. The monoisotopic (exact) mass is 415 g/mol. The summed E-state index contributed by atoms with van der Waals surface area (Å²) in [5, 5.41) is 4.57. The van der Waals surface area contributed by atoms with Crippen LogP contribution < -0.4 is 4.90 Å². The van der Waals surface area contributed by atoms with Crippen molar-refractivity contribution >= 4 is 21.3 Å². The van der Waals surface area contributed by atoms with Crippen LogP contribution in [-0.2, 0) is 19.3 Å². The van der Waals surface area contributed by atoms with Gasteiger partial charge in [0.1, 0.15) is 10.6 Å². The second-order valence-corrected chi connectivity index (χ2v) is 10.5. The highest BCUT2D eigenvalue weighted by Gasteiger charge is 2.56. The summed E-state index contributed by atoms with van der Waals surface area (Å²) in [6.07, 6.45) is 6.21. The van der Waals surface area contributed by atoms with Crippen molar-refractivity contribution in [1.29, 1.82) is 0 Å². The minimum absolute atomic E-state index is 0.165. The van der Waals surface area contributed by atoms with Gasteiger partial charge in [-0.25, -0.2) is 17.9 Å². The van der Waals surface area contributed by atoms with Crippen LogP contribution in [-0.4, -0.2) is 60.1 Å². The third kappa shape index (κ3) is 2.78. The van der Waals surface area contributed by atoms with Gasteiger partial charge in [-0.15, -0.1) is 0 Å². The van der Waals surface area contributed by atoms with Gasteiger partial charge in [0, 0.05) is 25.1 Å². The number of nitrogens with one attached hydrogen (secondary N) is 1. The van der Waals surface area contributed by atoms with Crippen LogP contribution in [0.25, 0.3) is 16.9 Å². The van der Waals surface area contributed by atoms with Crippen molar-refractivity contribution in [3.05, 3.63) is 35.8 Å². The lowest BCUT2D eigenvalue weighted by Crippen LogP contribution is -2.44. The first kappa shape index (κ1) is 18.6. The molecule has 1 saturated heterocycles. The van der Waals surface area contributed by atoms with E-state index in [2.05, 4.69) is 21.9 Å². The number of aryl methyl sites for hydroxylation is 1. The first-order valence-corrected chi connectivity index (χ1v) is 11.8. The molecule has 0 radical (unpaired) electrons. The van der Waals surface area contributed by atoms with Crippen molar-refractivity contribution in [2.75, 3.05) is 30.9 Å². The normalized spacial score (nSPS) is 21.6. The first-order chi connectivity index (χ1) is 13.8. The molecular weight excluding hydrogens is 390 g/mol. The van der Waals surface area contributed by atoms with Crippen LogP contribution >= 0.6 is 0 Å². The zero-order valence-electron chi connectivity index (χ0n) is 16.8. The molecule has 9 heteroatoms. The number of hydrogen-bond donors (Lipinski definition) is 1. The predicted octanol–water partition coefficient (Wildman–Crippen LogP) is 2.29.